The monoisotopic (exact) mass is 241 g/mol. The van der Waals surface area contributed by atoms with Crippen LogP contribution in [0, 0.1) is 5.82 Å². The van der Waals surface area contributed by atoms with Crippen LogP contribution < -0.4 is 16.3 Å². The highest BCUT2D eigenvalue weighted by atomic mass is 19.1. The van der Waals surface area contributed by atoms with Crippen molar-refractivity contribution < 1.29 is 14.0 Å². The van der Waals surface area contributed by atoms with Gasteiger partial charge in [0.05, 0.1) is 6.42 Å². The first-order valence-corrected chi connectivity index (χ1v) is 5.33. The maximum absolute atomic E-state index is 12.8. The van der Waals surface area contributed by atoms with E-state index >= 15 is 0 Å². The summed E-state index contributed by atoms with van der Waals surface area (Å²) >= 11 is 0. The summed E-state index contributed by atoms with van der Waals surface area (Å²) in [5.74, 6) is 4.13. The van der Waals surface area contributed by atoms with E-state index in [9.17, 15) is 9.18 Å². The molecule has 3 N–H and O–H groups in total. The summed E-state index contributed by atoms with van der Waals surface area (Å²) in [6.07, 6.45) is 0.204. The van der Waals surface area contributed by atoms with Gasteiger partial charge in [-0.25, -0.2) is 10.2 Å². The smallest absolute Gasteiger partial charge is 0.328 e. The Morgan fingerprint density at radius 3 is 2.65 bits per heavy atom. The Morgan fingerprint density at radius 1 is 1.47 bits per heavy atom. The van der Waals surface area contributed by atoms with Crippen molar-refractivity contribution in [2.24, 2.45) is 5.84 Å². The van der Waals surface area contributed by atoms with Gasteiger partial charge in [-0.1, -0.05) is 5.59 Å². The summed E-state index contributed by atoms with van der Waals surface area (Å²) in [6, 6.07) is 6.12. The molecule has 0 radical (unpaired) electrons. The number of halogens is 1. The van der Waals surface area contributed by atoms with Crippen molar-refractivity contribution in [3.8, 4) is 0 Å². The van der Waals surface area contributed by atoms with Crippen molar-refractivity contribution in [3.05, 3.63) is 30.1 Å². The third kappa shape index (κ3) is 4.38. The van der Waals surface area contributed by atoms with E-state index in [4.69, 9.17) is 5.84 Å². The van der Waals surface area contributed by atoms with Gasteiger partial charge in [-0.3, -0.25) is 4.79 Å². The molecular formula is C11H16FN3O2. The van der Waals surface area contributed by atoms with E-state index in [2.05, 4.69) is 4.84 Å². The van der Waals surface area contributed by atoms with Crippen LogP contribution in [-0.4, -0.2) is 19.1 Å². The Labute approximate surface area is 99.3 Å². The predicted molar refractivity (Wildman–Crippen MR) is 62.3 cm³/mol. The molecule has 0 bridgehead atoms. The molecule has 0 aliphatic carbocycles. The number of carbonyl (C=O) groups is 1. The Bertz CT molecular complexity index is 356. The molecule has 0 unspecified atom stereocenters. The molecule has 0 fully saturated rings. The lowest BCUT2D eigenvalue weighted by atomic mass is 10.2. The Morgan fingerprint density at radius 2 is 2.12 bits per heavy atom. The van der Waals surface area contributed by atoms with Crippen LogP contribution >= 0.6 is 0 Å². The number of nitrogens with two attached hydrogens (primary N) is 1. The van der Waals surface area contributed by atoms with Crippen molar-refractivity contribution in [1.29, 1.82) is 0 Å². The van der Waals surface area contributed by atoms with E-state index in [1.54, 1.807) is 12.1 Å². The number of hydrazine groups is 1. The number of benzene rings is 1. The van der Waals surface area contributed by atoms with Crippen LogP contribution in [0.5, 0.6) is 0 Å². The van der Waals surface area contributed by atoms with Crippen molar-refractivity contribution in [3.63, 3.8) is 0 Å². The largest absolute Gasteiger partial charge is 0.371 e. The first-order valence-electron chi connectivity index (χ1n) is 5.33. The van der Waals surface area contributed by atoms with Crippen LogP contribution in [0.3, 0.4) is 0 Å². The minimum Gasteiger partial charge on any atom is -0.371 e. The average Bonchev–Trinajstić information content (AvgIpc) is 2.32. The van der Waals surface area contributed by atoms with Crippen LogP contribution in [-0.2, 0) is 9.63 Å². The third-order valence-corrected chi connectivity index (χ3v) is 2.33. The fraction of sp³-hybridized carbons (Fsp3) is 0.364. The molecule has 1 aromatic carbocycles. The van der Waals surface area contributed by atoms with Gasteiger partial charge < -0.3 is 9.74 Å². The van der Waals surface area contributed by atoms with Crippen LogP contribution in [0.2, 0.25) is 0 Å². The first kappa shape index (κ1) is 13.4. The molecule has 5 nitrogen and oxygen atoms in total. The minimum atomic E-state index is -0.437. The molecule has 0 saturated heterocycles. The highest BCUT2D eigenvalue weighted by Crippen LogP contribution is 2.14. The van der Waals surface area contributed by atoms with Crippen LogP contribution in [0.25, 0.3) is 0 Å². The van der Waals surface area contributed by atoms with Crippen molar-refractivity contribution in [2.45, 2.75) is 13.3 Å². The molecular weight excluding hydrogens is 225 g/mol. The van der Waals surface area contributed by atoms with Crippen LogP contribution in [0.4, 0.5) is 10.1 Å². The molecule has 94 valence electrons. The lowest BCUT2D eigenvalue weighted by molar-refractivity contribution is -0.151. The van der Waals surface area contributed by atoms with Gasteiger partial charge in [-0.15, -0.1) is 0 Å². The normalized spacial score (nSPS) is 10.1. The fourth-order valence-corrected chi connectivity index (χ4v) is 1.46. The Kier molecular flexibility index (Phi) is 5.38. The summed E-state index contributed by atoms with van der Waals surface area (Å²) in [4.78, 5) is 17.4. The topological polar surface area (TPSA) is 67.6 Å². The zero-order valence-electron chi connectivity index (χ0n) is 9.65. The number of hydrogen-bond acceptors (Lipinski definition) is 5. The van der Waals surface area contributed by atoms with Gasteiger partial charge >= 0.3 is 5.97 Å². The van der Waals surface area contributed by atoms with E-state index < -0.39 is 5.97 Å². The molecule has 0 spiro atoms. The lowest BCUT2D eigenvalue weighted by Gasteiger charge is -2.22. The average molecular weight is 241 g/mol. The summed E-state index contributed by atoms with van der Waals surface area (Å²) in [6.45, 7) is 3.16. The quantitative estimate of drug-likeness (QED) is 0.573. The zero-order valence-corrected chi connectivity index (χ0v) is 9.65. The molecule has 6 heteroatoms. The first-order chi connectivity index (χ1) is 8.17. The van der Waals surface area contributed by atoms with Gasteiger partial charge in [-0.2, -0.15) is 0 Å². The van der Waals surface area contributed by atoms with Crippen molar-refractivity contribution in [2.75, 3.05) is 18.0 Å². The second kappa shape index (κ2) is 6.82. The highest BCUT2D eigenvalue weighted by Gasteiger charge is 2.08. The number of carbonyl (C=O) groups excluding carboxylic acids is 1. The standard InChI is InChI=1S/C11H16FN3O2/c1-2-15(8-7-11(16)17-14-13)10-5-3-9(12)4-6-10/h3-6,14H,2,7-8,13H2,1H3. The summed E-state index contributed by atoms with van der Waals surface area (Å²) in [7, 11) is 0. The highest BCUT2D eigenvalue weighted by molar-refractivity contribution is 5.69. The minimum absolute atomic E-state index is 0.204. The molecule has 0 amide bonds. The van der Waals surface area contributed by atoms with Crippen molar-refractivity contribution >= 4 is 11.7 Å². The zero-order chi connectivity index (χ0) is 12.7. The molecule has 17 heavy (non-hydrogen) atoms. The SMILES string of the molecule is CCN(CCC(=O)ONN)c1ccc(F)cc1. The summed E-state index contributed by atoms with van der Waals surface area (Å²) < 4.78 is 12.8. The van der Waals surface area contributed by atoms with Gasteiger partial charge in [-0.05, 0) is 31.2 Å². The van der Waals surface area contributed by atoms with Gasteiger partial charge in [0.1, 0.15) is 5.82 Å². The molecule has 0 aromatic heterocycles. The molecule has 0 aliphatic rings. The van der Waals surface area contributed by atoms with Gasteiger partial charge in [0.15, 0.2) is 0 Å². The van der Waals surface area contributed by atoms with E-state index in [-0.39, 0.29) is 12.2 Å². The molecule has 0 saturated carbocycles. The Hall–Kier alpha value is -1.66. The second-order valence-electron chi connectivity index (χ2n) is 3.40. The maximum Gasteiger partial charge on any atom is 0.328 e. The number of hydrogen-bond donors (Lipinski definition) is 2. The van der Waals surface area contributed by atoms with Crippen LogP contribution in [0.15, 0.2) is 24.3 Å². The van der Waals surface area contributed by atoms with E-state index in [1.165, 1.54) is 12.1 Å². The van der Waals surface area contributed by atoms with Crippen LogP contribution in [0.1, 0.15) is 13.3 Å². The van der Waals surface area contributed by atoms with Gasteiger partial charge in [0.25, 0.3) is 0 Å². The van der Waals surface area contributed by atoms with Gasteiger partial charge in [0, 0.05) is 18.8 Å². The number of anilines is 1. The molecule has 1 aromatic rings. The molecule has 0 atom stereocenters. The van der Waals surface area contributed by atoms with Gasteiger partial charge in [0.2, 0.25) is 0 Å². The molecule has 1 rings (SSSR count). The Balaban J connectivity index is 2.54. The lowest BCUT2D eigenvalue weighted by Crippen LogP contribution is -2.30. The molecule has 0 heterocycles. The number of rotatable bonds is 6. The van der Waals surface area contributed by atoms with E-state index in [0.717, 1.165) is 12.2 Å². The van der Waals surface area contributed by atoms with E-state index in [1.807, 2.05) is 17.4 Å². The second-order valence-corrected chi connectivity index (χ2v) is 3.40. The third-order valence-electron chi connectivity index (χ3n) is 2.33. The molecule has 0 aliphatic heterocycles. The van der Waals surface area contributed by atoms with E-state index in [0.29, 0.717) is 6.54 Å². The number of nitrogens with one attached hydrogen (secondary N) is 1. The summed E-state index contributed by atoms with van der Waals surface area (Å²) in [5, 5.41) is 0. The summed E-state index contributed by atoms with van der Waals surface area (Å²) in [5.41, 5.74) is 2.70. The fourth-order valence-electron chi connectivity index (χ4n) is 1.46. The number of nitrogens with zero attached hydrogens (tertiary/aromatic N) is 1. The predicted octanol–water partition coefficient (Wildman–Crippen LogP) is 0.964. The maximum atomic E-state index is 12.8. The van der Waals surface area contributed by atoms with Crippen molar-refractivity contribution in [1.82, 2.24) is 5.59 Å².